The number of primary sulfonamides is 1. The maximum absolute atomic E-state index is 12.3. The SMILES string of the molecule is N#Cc1cnn(-c2ccc(NC(=O)Cc3cccnc3Cl)cc2S(N)(=O)=O)c1. The number of nitrogens with zero attached hydrogens (tertiary/aromatic N) is 4. The van der Waals surface area contributed by atoms with E-state index >= 15 is 0 Å². The molecule has 0 aliphatic carbocycles. The zero-order chi connectivity index (χ0) is 20.3. The van der Waals surface area contributed by atoms with Crippen molar-refractivity contribution in [1.82, 2.24) is 14.8 Å². The van der Waals surface area contributed by atoms with Crippen LogP contribution < -0.4 is 10.5 Å². The Balaban J connectivity index is 1.90. The summed E-state index contributed by atoms with van der Waals surface area (Å²) in [6, 6.07) is 9.38. The van der Waals surface area contributed by atoms with Crippen LogP contribution >= 0.6 is 11.6 Å². The van der Waals surface area contributed by atoms with Crippen molar-refractivity contribution in [3.05, 3.63) is 65.2 Å². The largest absolute Gasteiger partial charge is 0.326 e. The molecule has 0 saturated carbocycles. The van der Waals surface area contributed by atoms with Crippen molar-refractivity contribution < 1.29 is 13.2 Å². The van der Waals surface area contributed by atoms with Crippen molar-refractivity contribution in [3.63, 3.8) is 0 Å². The third-order valence-corrected chi connectivity index (χ3v) is 4.98. The van der Waals surface area contributed by atoms with E-state index in [9.17, 15) is 13.2 Å². The Bertz CT molecular complexity index is 1200. The first-order valence-electron chi connectivity index (χ1n) is 7.79. The van der Waals surface area contributed by atoms with Crippen molar-refractivity contribution >= 4 is 33.2 Å². The van der Waals surface area contributed by atoms with Crippen LogP contribution in [0.2, 0.25) is 5.15 Å². The third kappa shape index (κ3) is 4.34. The molecule has 0 aliphatic rings. The number of nitrogens with two attached hydrogens (primary N) is 1. The second kappa shape index (κ2) is 7.77. The van der Waals surface area contributed by atoms with Gasteiger partial charge in [0.2, 0.25) is 15.9 Å². The molecule has 0 aliphatic heterocycles. The van der Waals surface area contributed by atoms with Gasteiger partial charge in [-0.3, -0.25) is 4.79 Å². The number of hydrogen-bond donors (Lipinski definition) is 2. The van der Waals surface area contributed by atoms with E-state index in [0.717, 1.165) is 0 Å². The number of rotatable bonds is 5. The van der Waals surface area contributed by atoms with Gasteiger partial charge in [-0.25, -0.2) is 23.2 Å². The summed E-state index contributed by atoms with van der Waals surface area (Å²) < 4.78 is 25.2. The monoisotopic (exact) mass is 416 g/mol. The van der Waals surface area contributed by atoms with Crippen LogP contribution in [0.4, 0.5) is 5.69 Å². The maximum Gasteiger partial charge on any atom is 0.240 e. The Morgan fingerprint density at radius 2 is 2.14 bits per heavy atom. The third-order valence-electron chi connectivity index (χ3n) is 3.70. The molecule has 2 aromatic heterocycles. The highest BCUT2D eigenvalue weighted by Gasteiger charge is 2.18. The molecule has 28 heavy (non-hydrogen) atoms. The Hall–Kier alpha value is -3.26. The van der Waals surface area contributed by atoms with E-state index in [4.69, 9.17) is 22.0 Å². The first kappa shape index (κ1) is 19.5. The average Bonchev–Trinajstić information content (AvgIpc) is 3.12. The van der Waals surface area contributed by atoms with E-state index in [1.54, 1.807) is 12.1 Å². The molecule has 0 saturated heterocycles. The smallest absolute Gasteiger partial charge is 0.240 e. The topological polar surface area (TPSA) is 144 Å². The number of amides is 1. The minimum Gasteiger partial charge on any atom is -0.326 e. The molecule has 0 atom stereocenters. The van der Waals surface area contributed by atoms with E-state index in [2.05, 4.69) is 15.4 Å². The Morgan fingerprint density at radius 1 is 1.36 bits per heavy atom. The molecule has 142 valence electrons. The van der Waals surface area contributed by atoms with Gasteiger partial charge in [0.1, 0.15) is 16.1 Å². The molecule has 1 amide bonds. The molecule has 1 aromatic carbocycles. The van der Waals surface area contributed by atoms with Crippen LogP contribution in [0.1, 0.15) is 11.1 Å². The second-order valence-electron chi connectivity index (χ2n) is 5.69. The van der Waals surface area contributed by atoms with E-state index in [-0.39, 0.29) is 33.4 Å². The van der Waals surface area contributed by atoms with Crippen LogP contribution in [0.25, 0.3) is 5.69 Å². The van der Waals surface area contributed by atoms with Crippen LogP contribution in [0.3, 0.4) is 0 Å². The molecule has 0 fully saturated rings. The molecule has 11 heteroatoms. The summed E-state index contributed by atoms with van der Waals surface area (Å²) in [6.45, 7) is 0. The lowest BCUT2D eigenvalue weighted by Gasteiger charge is -2.11. The highest BCUT2D eigenvalue weighted by molar-refractivity contribution is 7.89. The summed E-state index contributed by atoms with van der Waals surface area (Å²) in [4.78, 5) is 15.9. The number of nitrogens with one attached hydrogen (secondary N) is 1. The van der Waals surface area contributed by atoms with Gasteiger partial charge in [0.15, 0.2) is 0 Å². The van der Waals surface area contributed by atoms with Crippen LogP contribution in [-0.2, 0) is 21.2 Å². The fourth-order valence-electron chi connectivity index (χ4n) is 2.45. The summed E-state index contributed by atoms with van der Waals surface area (Å²) >= 11 is 5.94. The number of pyridine rings is 1. The summed E-state index contributed by atoms with van der Waals surface area (Å²) in [6.07, 6.45) is 4.13. The molecule has 0 unspecified atom stereocenters. The quantitative estimate of drug-likeness (QED) is 0.604. The van der Waals surface area contributed by atoms with Gasteiger partial charge in [0, 0.05) is 18.1 Å². The molecular weight excluding hydrogens is 404 g/mol. The van der Waals surface area contributed by atoms with Crippen LogP contribution in [0, 0.1) is 11.3 Å². The number of halogens is 1. The summed E-state index contributed by atoms with van der Waals surface area (Å²) in [5.41, 5.74) is 1.17. The number of aromatic nitrogens is 3. The van der Waals surface area contributed by atoms with Gasteiger partial charge in [0.05, 0.1) is 23.9 Å². The van der Waals surface area contributed by atoms with E-state index < -0.39 is 15.9 Å². The number of anilines is 1. The number of carbonyl (C=O) groups excluding carboxylic acids is 1. The average molecular weight is 417 g/mol. The van der Waals surface area contributed by atoms with Crippen molar-refractivity contribution in [2.45, 2.75) is 11.3 Å². The normalized spacial score (nSPS) is 11.0. The maximum atomic E-state index is 12.3. The minimum absolute atomic E-state index is 0.0379. The van der Waals surface area contributed by atoms with Gasteiger partial charge in [-0.05, 0) is 29.8 Å². The van der Waals surface area contributed by atoms with Crippen molar-refractivity contribution in [3.8, 4) is 11.8 Å². The number of sulfonamides is 1. The van der Waals surface area contributed by atoms with Gasteiger partial charge in [0.25, 0.3) is 0 Å². The molecule has 2 heterocycles. The highest BCUT2D eigenvalue weighted by Crippen LogP contribution is 2.23. The van der Waals surface area contributed by atoms with Crippen molar-refractivity contribution in [2.75, 3.05) is 5.32 Å². The van der Waals surface area contributed by atoms with E-state index in [1.807, 2.05) is 6.07 Å². The van der Waals surface area contributed by atoms with Gasteiger partial charge in [-0.15, -0.1) is 0 Å². The molecular formula is C17H13ClN6O3S. The minimum atomic E-state index is -4.13. The summed E-state index contributed by atoms with van der Waals surface area (Å²) in [5, 5.41) is 21.0. The molecule has 0 radical (unpaired) electrons. The van der Waals surface area contributed by atoms with Crippen LogP contribution in [0.5, 0.6) is 0 Å². The van der Waals surface area contributed by atoms with Gasteiger partial charge >= 0.3 is 0 Å². The predicted molar refractivity (Wildman–Crippen MR) is 101 cm³/mol. The van der Waals surface area contributed by atoms with Crippen molar-refractivity contribution in [1.29, 1.82) is 5.26 Å². The Morgan fingerprint density at radius 3 is 2.79 bits per heavy atom. The summed E-state index contributed by atoms with van der Waals surface area (Å²) in [5.74, 6) is -0.408. The van der Waals surface area contributed by atoms with Gasteiger partial charge in [-0.2, -0.15) is 10.4 Å². The van der Waals surface area contributed by atoms with Crippen molar-refractivity contribution in [2.24, 2.45) is 5.14 Å². The van der Waals surface area contributed by atoms with Crippen LogP contribution in [0.15, 0.2) is 53.8 Å². The lowest BCUT2D eigenvalue weighted by Crippen LogP contribution is -2.18. The lowest BCUT2D eigenvalue weighted by atomic mass is 10.2. The molecule has 3 aromatic rings. The predicted octanol–water partition coefficient (Wildman–Crippen LogP) is 1.62. The first-order valence-corrected chi connectivity index (χ1v) is 9.71. The van der Waals surface area contributed by atoms with E-state index in [1.165, 1.54) is 41.5 Å². The zero-order valence-electron chi connectivity index (χ0n) is 14.2. The molecule has 3 rings (SSSR count). The summed E-state index contributed by atoms with van der Waals surface area (Å²) in [7, 11) is -4.13. The number of benzene rings is 1. The second-order valence-corrected chi connectivity index (χ2v) is 7.58. The Kier molecular flexibility index (Phi) is 5.41. The molecule has 0 bridgehead atoms. The zero-order valence-corrected chi connectivity index (χ0v) is 15.8. The molecule has 0 spiro atoms. The first-order chi connectivity index (χ1) is 13.3. The lowest BCUT2D eigenvalue weighted by molar-refractivity contribution is -0.115. The van der Waals surface area contributed by atoms with Crippen LogP contribution in [-0.4, -0.2) is 29.1 Å². The van der Waals surface area contributed by atoms with Gasteiger partial charge < -0.3 is 5.32 Å². The van der Waals surface area contributed by atoms with Gasteiger partial charge in [-0.1, -0.05) is 17.7 Å². The fourth-order valence-corrected chi connectivity index (χ4v) is 3.38. The molecule has 3 N–H and O–H groups in total. The number of carbonyl (C=O) groups is 1. The number of hydrogen-bond acceptors (Lipinski definition) is 6. The highest BCUT2D eigenvalue weighted by atomic mass is 35.5. The van der Waals surface area contributed by atoms with E-state index in [0.29, 0.717) is 5.56 Å². The molecule has 9 nitrogen and oxygen atoms in total. The Labute approximate surface area is 165 Å². The number of nitriles is 1. The fraction of sp³-hybridized carbons (Fsp3) is 0.0588. The standard InChI is InChI=1S/C17H13ClN6O3S/c18-17-12(2-1-5-21-17)6-16(25)23-13-3-4-14(15(7-13)28(20,26)27)24-10-11(8-19)9-22-24/h1-5,7,9-10H,6H2,(H,23,25)(H2,20,26,27).